The van der Waals surface area contributed by atoms with E-state index in [-0.39, 0.29) is 6.04 Å². The Morgan fingerprint density at radius 1 is 1.31 bits per heavy atom. The van der Waals surface area contributed by atoms with E-state index in [1.54, 1.807) is 0 Å². The summed E-state index contributed by atoms with van der Waals surface area (Å²) in [7, 11) is 0. The van der Waals surface area contributed by atoms with Crippen molar-refractivity contribution in [1.29, 1.82) is 0 Å². The molecule has 0 fully saturated rings. The fourth-order valence-corrected chi connectivity index (χ4v) is 1.46. The molecule has 0 radical (unpaired) electrons. The van der Waals surface area contributed by atoms with Crippen LogP contribution in [0, 0.1) is 5.92 Å². The summed E-state index contributed by atoms with van der Waals surface area (Å²) in [5.41, 5.74) is 6.97. The Labute approximate surface area is 98.6 Å². The maximum atomic E-state index is 5.79. The lowest BCUT2D eigenvalue weighted by Gasteiger charge is -2.07. The Bertz CT molecular complexity index is 292. The molecule has 0 aliphatic carbocycles. The molecule has 1 rings (SSSR count). The molecular weight excluding hydrogens is 200 g/mol. The van der Waals surface area contributed by atoms with Gasteiger partial charge in [-0.3, -0.25) is 0 Å². The summed E-state index contributed by atoms with van der Waals surface area (Å²) in [6, 6.07) is 2.18. The summed E-state index contributed by atoms with van der Waals surface area (Å²) >= 11 is 0. The van der Waals surface area contributed by atoms with Crippen molar-refractivity contribution in [3.8, 4) is 0 Å². The zero-order valence-electron chi connectivity index (χ0n) is 10.6. The minimum absolute atomic E-state index is 0.114. The summed E-state index contributed by atoms with van der Waals surface area (Å²) in [5.74, 6) is 0.719. The van der Waals surface area contributed by atoms with Crippen LogP contribution in [0.4, 0.5) is 0 Å². The molecule has 92 valence electrons. The zero-order valence-corrected chi connectivity index (χ0v) is 10.6. The minimum Gasteiger partial charge on any atom is -0.380 e. The van der Waals surface area contributed by atoms with Crippen LogP contribution in [0.15, 0.2) is 18.5 Å². The van der Waals surface area contributed by atoms with Crippen molar-refractivity contribution in [3.05, 3.63) is 24.0 Å². The van der Waals surface area contributed by atoms with Gasteiger partial charge in [0.15, 0.2) is 0 Å². The van der Waals surface area contributed by atoms with Gasteiger partial charge in [0.25, 0.3) is 0 Å². The van der Waals surface area contributed by atoms with E-state index in [2.05, 4.69) is 36.9 Å². The molecule has 3 nitrogen and oxygen atoms in total. The zero-order chi connectivity index (χ0) is 12.0. The van der Waals surface area contributed by atoms with Crippen molar-refractivity contribution in [3.63, 3.8) is 0 Å². The van der Waals surface area contributed by atoms with Gasteiger partial charge in [-0.15, -0.1) is 0 Å². The van der Waals surface area contributed by atoms with Gasteiger partial charge in [0, 0.05) is 31.6 Å². The first kappa shape index (κ1) is 13.3. The lowest BCUT2D eigenvalue weighted by molar-refractivity contribution is 0.116. The largest absolute Gasteiger partial charge is 0.380 e. The standard InChI is InChI=1S/C13H24N2O/c1-11(2)5-8-16-9-7-15-6-4-13(10-15)12(3)14/h4,6,10-12H,5,7-9,14H2,1-3H3. The highest BCUT2D eigenvalue weighted by atomic mass is 16.5. The van der Waals surface area contributed by atoms with E-state index in [0.717, 1.165) is 32.1 Å². The predicted octanol–water partition coefficient (Wildman–Crippen LogP) is 2.57. The third kappa shape index (κ3) is 4.81. The molecule has 16 heavy (non-hydrogen) atoms. The van der Waals surface area contributed by atoms with E-state index >= 15 is 0 Å². The van der Waals surface area contributed by atoms with Crippen LogP contribution >= 0.6 is 0 Å². The second-order valence-corrected chi connectivity index (χ2v) is 4.77. The molecule has 1 heterocycles. The monoisotopic (exact) mass is 224 g/mol. The maximum absolute atomic E-state index is 5.79. The molecule has 0 aromatic carbocycles. The first-order valence-electron chi connectivity index (χ1n) is 6.08. The van der Waals surface area contributed by atoms with Gasteiger partial charge in [-0.2, -0.15) is 0 Å². The van der Waals surface area contributed by atoms with Crippen molar-refractivity contribution in [2.75, 3.05) is 13.2 Å². The van der Waals surface area contributed by atoms with E-state index in [1.165, 1.54) is 5.56 Å². The van der Waals surface area contributed by atoms with Gasteiger partial charge in [-0.1, -0.05) is 13.8 Å². The molecule has 0 aliphatic heterocycles. The van der Waals surface area contributed by atoms with Gasteiger partial charge >= 0.3 is 0 Å². The molecule has 0 bridgehead atoms. The molecule has 0 spiro atoms. The summed E-state index contributed by atoms with van der Waals surface area (Å²) < 4.78 is 7.70. The quantitative estimate of drug-likeness (QED) is 0.723. The van der Waals surface area contributed by atoms with E-state index in [4.69, 9.17) is 10.5 Å². The Kier molecular flexibility index (Phi) is 5.56. The summed E-state index contributed by atoms with van der Waals surface area (Å²) in [5, 5.41) is 0. The Balaban J connectivity index is 2.17. The van der Waals surface area contributed by atoms with Crippen molar-refractivity contribution in [2.45, 2.75) is 39.8 Å². The Morgan fingerprint density at radius 2 is 2.06 bits per heavy atom. The van der Waals surface area contributed by atoms with Gasteiger partial charge in [-0.25, -0.2) is 0 Å². The van der Waals surface area contributed by atoms with Crippen molar-refractivity contribution in [1.82, 2.24) is 4.57 Å². The van der Waals surface area contributed by atoms with Gasteiger partial charge in [0.05, 0.1) is 6.61 Å². The third-order valence-corrected chi connectivity index (χ3v) is 2.63. The van der Waals surface area contributed by atoms with Crippen LogP contribution in [-0.4, -0.2) is 17.8 Å². The number of hydrogen-bond acceptors (Lipinski definition) is 2. The molecule has 1 aromatic rings. The number of hydrogen-bond donors (Lipinski definition) is 1. The average Bonchev–Trinajstić information content (AvgIpc) is 2.65. The van der Waals surface area contributed by atoms with E-state index in [1.807, 2.05) is 6.92 Å². The highest BCUT2D eigenvalue weighted by molar-refractivity contribution is 5.13. The number of rotatable bonds is 7. The fourth-order valence-electron chi connectivity index (χ4n) is 1.46. The SMILES string of the molecule is CC(C)CCOCCn1ccc(C(C)N)c1. The summed E-state index contributed by atoms with van der Waals surface area (Å²) in [6.45, 7) is 8.97. The summed E-state index contributed by atoms with van der Waals surface area (Å²) in [4.78, 5) is 0. The van der Waals surface area contributed by atoms with E-state index in [0.29, 0.717) is 0 Å². The van der Waals surface area contributed by atoms with Crippen LogP contribution in [0.5, 0.6) is 0 Å². The Morgan fingerprint density at radius 3 is 2.62 bits per heavy atom. The lowest BCUT2D eigenvalue weighted by Crippen LogP contribution is -2.07. The van der Waals surface area contributed by atoms with Gasteiger partial charge in [-0.05, 0) is 30.9 Å². The van der Waals surface area contributed by atoms with Crippen molar-refractivity contribution in [2.24, 2.45) is 11.7 Å². The second kappa shape index (κ2) is 6.71. The first-order chi connectivity index (χ1) is 7.59. The summed E-state index contributed by atoms with van der Waals surface area (Å²) in [6.07, 6.45) is 5.29. The number of aromatic nitrogens is 1. The molecule has 1 unspecified atom stereocenters. The van der Waals surface area contributed by atoms with E-state index in [9.17, 15) is 0 Å². The van der Waals surface area contributed by atoms with Crippen LogP contribution in [0.1, 0.15) is 38.8 Å². The Hall–Kier alpha value is -0.800. The van der Waals surface area contributed by atoms with Crippen molar-refractivity contribution >= 4 is 0 Å². The van der Waals surface area contributed by atoms with Crippen LogP contribution in [0.3, 0.4) is 0 Å². The minimum atomic E-state index is 0.114. The lowest BCUT2D eigenvalue weighted by atomic mass is 10.1. The van der Waals surface area contributed by atoms with Crippen LogP contribution in [-0.2, 0) is 11.3 Å². The molecule has 0 saturated carbocycles. The average molecular weight is 224 g/mol. The normalized spacial score (nSPS) is 13.3. The highest BCUT2D eigenvalue weighted by Crippen LogP contribution is 2.09. The van der Waals surface area contributed by atoms with Gasteiger partial charge < -0.3 is 15.0 Å². The first-order valence-corrected chi connectivity index (χ1v) is 6.08. The van der Waals surface area contributed by atoms with Crippen molar-refractivity contribution < 1.29 is 4.74 Å². The molecule has 0 aliphatic rings. The van der Waals surface area contributed by atoms with Gasteiger partial charge in [0.2, 0.25) is 0 Å². The molecular formula is C13H24N2O. The van der Waals surface area contributed by atoms with E-state index < -0.39 is 0 Å². The molecule has 3 heteroatoms. The molecule has 1 aromatic heterocycles. The molecule has 0 saturated heterocycles. The molecule has 2 N–H and O–H groups in total. The number of ether oxygens (including phenoxy) is 1. The predicted molar refractivity (Wildman–Crippen MR) is 67.3 cm³/mol. The fraction of sp³-hybridized carbons (Fsp3) is 0.692. The van der Waals surface area contributed by atoms with Crippen LogP contribution < -0.4 is 5.73 Å². The topological polar surface area (TPSA) is 40.2 Å². The van der Waals surface area contributed by atoms with Gasteiger partial charge in [0.1, 0.15) is 0 Å². The van der Waals surface area contributed by atoms with Crippen LogP contribution in [0.2, 0.25) is 0 Å². The third-order valence-electron chi connectivity index (χ3n) is 2.63. The highest BCUT2D eigenvalue weighted by Gasteiger charge is 2.01. The maximum Gasteiger partial charge on any atom is 0.0645 e. The number of nitrogens with two attached hydrogens (primary N) is 1. The smallest absolute Gasteiger partial charge is 0.0645 e. The number of nitrogens with zero attached hydrogens (tertiary/aromatic N) is 1. The molecule has 1 atom stereocenters. The van der Waals surface area contributed by atoms with Crippen LogP contribution in [0.25, 0.3) is 0 Å². The second-order valence-electron chi connectivity index (χ2n) is 4.77. The molecule has 0 amide bonds.